The Morgan fingerprint density at radius 2 is 1.37 bits per heavy atom. The van der Waals surface area contributed by atoms with Gasteiger partial charge in [0, 0.05) is 6.61 Å². The molecule has 210 valence electrons. The van der Waals surface area contributed by atoms with Gasteiger partial charge in [-0.15, -0.1) is 0 Å². The molecule has 0 radical (unpaired) electrons. The zero-order chi connectivity index (χ0) is 26.0. The number of rotatable bonds is 18. The summed E-state index contributed by atoms with van der Waals surface area (Å²) < 4.78 is 25.8. The Morgan fingerprint density at radius 3 is 1.94 bits per heavy atom. The summed E-state index contributed by atoms with van der Waals surface area (Å²) in [7, 11) is -5.41. The SMILES string of the molecule is CCCCCCCCCCCCCC[Si]1(C)O[Si](C)(CC(C)[SiH2]OOC)CCCCO[Si](C)(C)O1. The first kappa shape index (κ1) is 33.7. The third-order valence-electron chi connectivity index (χ3n) is 7.21. The summed E-state index contributed by atoms with van der Waals surface area (Å²) in [6.45, 7) is 14.7. The lowest BCUT2D eigenvalue weighted by Gasteiger charge is -2.43. The molecule has 0 spiro atoms. The van der Waals surface area contributed by atoms with Crippen molar-refractivity contribution in [3.05, 3.63) is 0 Å². The highest BCUT2D eigenvalue weighted by atomic mass is 28.5. The van der Waals surface area contributed by atoms with Crippen LogP contribution in [-0.4, -0.2) is 48.9 Å². The first-order valence-corrected chi connectivity index (χ1v) is 24.4. The van der Waals surface area contributed by atoms with E-state index in [0.29, 0.717) is 5.54 Å². The van der Waals surface area contributed by atoms with Crippen molar-refractivity contribution >= 4 is 35.2 Å². The second kappa shape index (κ2) is 18.8. The van der Waals surface area contributed by atoms with E-state index in [1.807, 2.05) is 0 Å². The Bertz CT molecular complexity index is 528. The standard InChI is InChI=1S/C26H60O5Si4/c1-8-9-10-11-12-13-14-15-16-17-18-20-24-35(7)30-33(4,5)28-22-19-21-23-34(6,31-35)25-26(2)32-29-27-3/h26H,8-25,32H2,1-7H3. The van der Waals surface area contributed by atoms with Crippen LogP contribution in [0.25, 0.3) is 0 Å². The van der Waals surface area contributed by atoms with Crippen molar-refractivity contribution in [1.29, 1.82) is 0 Å². The summed E-state index contributed by atoms with van der Waals surface area (Å²) in [5.74, 6) is 0. The minimum atomic E-state index is -2.30. The second-order valence-electron chi connectivity index (χ2n) is 11.9. The highest BCUT2D eigenvalue weighted by Crippen LogP contribution is 2.35. The Balaban J connectivity index is 2.53. The molecule has 0 N–H and O–H groups in total. The average Bonchev–Trinajstić information content (AvgIpc) is 2.77. The molecule has 0 aliphatic carbocycles. The Morgan fingerprint density at radius 1 is 0.800 bits per heavy atom. The zero-order valence-electron chi connectivity index (χ0n) is 24.6. The van der Waals surface area contributed by atoms with Crippen molar-refractivity contribution < 1.29 is 22.1 Å². The predicted octanol–water partition coefficient (Wildman–Crippen LogP) is 8.35. The molecule has 35 heavy (non-hydrogen) atoms. The van der Waals surface area contributed by atoms with E-state index in [2.05, 4.69) is 40.0 Å². The summed E-state index contributed by atoms with van der Waals surface area (Å²) in [6, 6.07) is 3.47. The summed E-state index contributed by atoms with van der Waals surface area (Å²) >= 11 is 0. The molecule has 0 aromatic carbocycles. The lowest BCUT2D eigenvalue weighted by Crippen LogP contribution is -2.56. The number of unbranched alkanes of at least 4 members (excludes halogenated alkanes) is 11. The predicted molar refractivity (Wildman–Crippen MR) is 160 cm³/mol. The van der Waals surface area contributed by atoms with Gasteiger partial charge >= 0.3 is 17.1 Å². The normalized spacial score (nSPS) is 26.8. The molecule has 3 unspecified atom stereocenters. The van der Waals surface area contributed by atoms with E-state index in [0.717, 1.165) is 25.1 Å². The maximum atomic E-state index is 7.22. The molecule has 1 saturated heterocycles. The van der Waals surface area contributed by atoms with Gasteiger partial charge in [0.25, 0.3) is 0 Å². The molecule has 1 heterocycles. The first-order chi connectivity index (χ1) is 16.6. The van der Waals surface area contributed by atoms with Gasteiger partial charge in [-0.3, -0.25) is 9.46 Å². The molecule has 3 atom stereocenters. The van der Waals surface area contributed by atoms with Crippen LogP contribution < -0.4 is 0 Å². The van der Waals surface area contributed by atoms with Gasteiger partial charge in [0.1, 0.15) is 0 Å². The van der Waals surface area contributed by atoms with Crippen LogP contribution in [0.4, 0.5) is 0 Å². The van der Waals surface area contributed by atoms with Crippen LogP contribution in [0.3, 0.4) is 0 Å². The molecule has 1 aliphatic heterocycles. The molecule has 0 bridgehead atoms. The monoisotopic (exact) mass is 564 g/mol. The fourth-order valence-corrected chi connectivity index (χ4v) is 23.1. The molecule has 0 aromatic heterocycles. The molecule has 0 aromatic rings. The van der Waals surface area contributed by atoms with Crippen LogP contribution in [0.2, 0.25) is 49.9 Å². The number of hydrogen-bond acceptors (Lipinski definition) is 5. The van der Waals surface area contributed by atoms with Crippen molar-refractivity contribution in [2.24, 2.45) is 0 Å². The molecule has 1 aliphatic rings. The molecular weight excluding hydrogens is 505 g/mol. The van der Waals surface area contributed by atoms with Crippen molar-refractivity contribution in [3.63, 3.8) is 0 Å². The minimum Gasteiger partial charge on any atom is -0.436 e. The summed E-state index contributed by atoms with van der Waals surface area (Å²) in [5, 5.41) is 0. The van der Waals surface area contributed by atoms with Gasteiger partial charge in [-0.05, 0) is 56.3 Å². The number of hydrogen-bond donors (Lipinski definition) is 0. The van der Waals surface area contributed by atoms with Gasteiger partial charge in [0.15, 0.2) is 8.32 Å². The van der Waals surface area contributed by atoms with Crippen LogP contribution >= 0.6 is 0 Å². The molecular formula is C26H60O5Si4. The van der Waals surface area contributed by atoms with E-state index in [1.54, 1.807) is 7.11 Å². The maximum absolute atomic E-state index is 7.22. The van der Waals surface area contributed by atoms with E-state index >= 15 is 0 Å². The highest BCUT2D eigenvalue weighted by molar-refractivity contribution is 6.87. The summed E-state index contributed by atoms with van der Waals surface area (Å²) in [5.41, 5.74) is 0.570. The molecule has 5 nitrogen and oxygen atoms in total. The van der Waals surface area contributed by atoms with Crippen LogP contribution in [0, 0.1) is 0 Å². The lowest BCUT2D eigenvalue weighted by molar-refractivity contribution is -0.180. The van der Waals surface area contributed by atoms with Crippen molar-refractivity contribution in [2.75, 3.05) is 13.7 Å². The quantitative estimate of drug-likeness (QED) is 0.0724. The smallest absolute Gasteiger partial charge is 0.322 e. The summed E-state index contributed by atoms with van der Waals surface area (Å²) in [6.07, 6.45) is 18.9. The molecule has 0 saturated carbocycles. The van der Waals surface area contributed by atoms with Crippen LogP contribution in [-0.2, 0) is 22.1 Å². The maximum Gasteiger partial charge on any atom is 0.322 e. The summed E-state index contributed by atoms with van der Waals surface area (Å²) in [4.78, 5) is 4.92. The molecule has 9 heteroatoms. The topological polar surface area (TPSA) is 46.2 Å². The Kier molecular flexibility index (Phi) is 18.1. The van der Waals surface area contributed by atoms with Crippen LogP contribution in [0.1, 0.15) is 104 Å². The first-order valence-electron chi connectivity index (χ1n) is 14.8. The van der Waals surface area contributed by atoms with Gasteiger partial charge in [-0.2, -0.15) is 0 Å². The Hall–Kier alpha value is 0.668. The third-order valence-corrected chi connectivity index (χ3v) is 21.5. The van der Waals surface area contributed by atoms with Crippen molar-refractivity contribution in [3.8, 4) is 0 Å². The van der Waals surface area contributed by atoms with E-state index in [1.165, 1.54) is 89.5 Å². The van der Waals surface area contributed by atoms with E-state index in [-0.39, 0.29) is 0 Å². The van der Waals surface area contributed by atoms with Gasteiger partial charge in [-0.25, -0.2) is 0 Å². The largest absolute Gasteiger partial charge is 0.436 e. The third kappa shape index (κ3) is 17.0. The van der Waals surface area contributed by atoms with Gasteiger partial charge < -0.3 is 12.7 Å². The van der Waals surface area contributed by atoms with E-state index < -0.39 is 35.2 Å². The van der Waals surface area contributed by atoms with Gasteiger partial charge in [0.2, 0.25) is 9.76 Å². The van der Waals surface area contributed by atoms with E-state index in [4.69, 9.17) is 22.1 Å². The fraction of sp³-hybridized carbons (Fsp3) is 1.00. The second-order valence-corrected chi connectivity index (χ2v) is 25.2. The highest BCUT2D eigenvalue weighted by Gasteiger charge is 2.46. The Labute approximate surface area is 224 Å². The average molecular weight is 565 g/mol. The fourth-order valence-electron chi connectivity index (χ4n) is 5.57. The van der Waals surface area contributed by atoms with Crippen LogP contribution in [0.5, 0.6) is 0 Å². The van der Waals surface area contributed by atoms with Crippen molar-refractivity contribution in [1.82, 2.24) is 0 Å². The zero-order valence-corrected chi connectivity index (χ0v) is 29.0. The van der Waals surface area contributed by atoms with Crippen LogP contribution in [0.15, 0.2) is 0 Å². The lowest BCUT2D eigenvalue weighted by atomic mass is 10.1. The van der Waals surface area contributed by atoms with Gasteiger partial charge in [0.05, 0.1) is 7.11 Å². The van der Waals surface area contributed by atoms with E-state index in [9.17, 15) is 0 Å². The van der Waals surface area contributed by atoms with Crippen molar-refractivity contribution in [2.45, 2.75) is 154 Å². The molecule has 1 rings (SSSR count). The molecule has 0 amide bonds. The van der Waals surface area contributed by atoms with Gasteiger partial charge in [-0.1, -0.05) is 97.3 Å². The molecule has 1 fully saturated rings. The minimum absolute atomic E-state index is 0.570.